The van der Waals surface area contributed by atoms with Crippen LogP contribution in [-0.2, 0) is 0 Å². The molecule has 23 heavy (non-hydrogen) atoms. The van der Waals surface area contributed by atoms with E-state index in [0.717, 1.165) is 12.2 Å². The number of allylic oxidation sites excluding steroid dienone is 6. The normalized spacial score (nSPS) is 29.0. The van der Waals surface area contributed by atoms with Gasteiger partial charge >= 0.3 is 0 Å². The molecule has 0 aliphatic heterocycles. The van der Waals surface area contributed by atoms with Crippen molar-refractivity contribution < 1.29 is 0 Å². The van der Waals surface area contributed by atoms with Crippen molar-refractivity contribution in [2.45, 2.75) is 32.1 Å². The van der Waals surface area contributed by atoms with Crippen LogP contribution < -0.4 is 5.32 Å². The van der Waals surface area contributed by atoms with Gasteiger partial charge < -0.3 is 5.32 Å². The first kappa shape index (κ1) is 14.5. The third kappa shape index (κ3) is 2.67. The molecule has 1 spiro atoms. The topological polar surface area (TPSA) is 24.9 Å². The summed E-state index contributed by atoms with van der Waals surface area (Å²) in [5.74, 6) is 0.458. The summed E-state index contributed by atoms with van der Waals surface area (Å²) in [4.78, 5) is 4.09. The molecule has 0 aromatic carbocycles. The molecule has 2 nitrogen and oxygen atoms in total. The van der Waals surface area contributed by atoms with Crippen molar-refractivity contribution in [1.29, 1.82) is 0 Å². The second kappa shape index (κ2) is 6.19. The minimum Gasteiger partial charge on any atom is -0.384 e. The van der Waals surface area contributed by atoms with Crippen molar-refractivity contribution in [3.05, 3.63) is 72.1 Å². The van der Waals surface area contributed by atoms with Crippen LogP contribution in [0.1, 0.15) is 32.1 Å². The van der Waals surface area contributed by atoms with Gasteiger partial charge in [-0.2, -0.15) is 0 Å². The van der Waals surface area contributed by atoms with E-state index in [4.69, 9.17) is 0 Å². The highest BCUT2D eigenvalue weighted by atomic mass is 14.9. The van der Waals surface area contributed by atoms with Crippen molar-refractivity contribution in [3.63, 3.8) is 0 Å². The minimum atomic E-state index is 0.293. The van der Waals surface area contributed by atoms with Crippen molar-refractivity contribution in [1.82, 2.24) is 4.98 Å². The van der Waals surface area contributed by atoms with Gasteiger partial charge in [0.05, 0.1) is 0 Å². The van der Waals surface area contributed by atoms with Gasteiger partial charge in [-0.05, 0) is 37.8 Å². The molecule has 1 aromatic heterocycles. The van der Waals surface area contributed by atoms with Crippen LogP contribution in [0.2, 0.25) is 0 Å². The van der Waals surface area contributed by atoms with E-state index in [1.165, 1.54) is 32.1 Å². The molecule has 0 bridgehead atoms. The molecule has 1 fully saturated rings. The van der Waals surface area contributed by atoms with Gasteiger partial charge in [0.25, 0.3) is 0 Å². The van der Waals surface area contributed by atoms with E-state index in [-0.39, 0.29) is 0 Å². The van der Waals surface area contributed by atoms with E-state index in [9.17, 15) is 0 Å². The van der Waals surface area contributed by atoms with Gasteiger partial charge in [0.2, 0.25) is 0 Å². The third-order valence-electron chi connectivity index (χ3n) is 5.59. The first-order valence-electron chi connectivity index (χ1n) is 8.77. The SMILES string of the molecule is C1=CCC23CCCCC2=CC=CC(CNc2ccncc2)C3=C1. The number of nitrogens with zero attached hydrogens (tertiary/aromatic N) is 1. The average molecular weight is 304 g/mol. The van der Waals surface area contributed by atoms with Crippen molar-refractivity contribution in [3.8, 4) is 0 Å². The van der Waals surface area contributed by atoms with Crippen molar-refractivity contribution in [2.75, 3.05) is 11.9 Å². The van der Waals surface area contributed by atoms with Gasteiger partial charge in [-0.15, -0.1) is 0 Å². The minimum absolute atomic E-state index is 0.293. The van der Waals surface area contributed by atoms with E-state index in [1.54, 1.807) is 11.1 Å². The van der Waals surface area contributed by atoms with Crippen molar-refractivity contribution in [2.24, 2.45) is 11.3 Å². The van der Waals surface area contributed by atoms with Gasteiger partial charge in [-0.3, -0.25) is 4.98 Å². The summed E-state index contributed by atoms with van der Waals surface area (Å²) in [7, 11) is 0. The molecule has 2 atom stereocenters. The Kier molecular flexibility index (Phi) is 3.90. The van der Waals surface area contributed by atoms with Gasteiger partial charge in [0.1, 0.15) is 0 Å². The summed E-state index contributed by atoms with van der Waals surface area (Å²) < 4.78 is 0. The van der Waals surface area contributed by atoms with E-state index in [2.05, 4.69) is 46.8 Å². The molecule has 0 radical (unpaired) electrons. The standard InChI is InChI=1S/C21H24N2/c1-3-12-21-13-4-2-9-20(21)17(6-5-8-18(21)7-1)16-23-19-10-14-22-15-11-19/h2,4-6,8-11,14-15,17H,1,3,7,12-13,16H2,(H,22,23). The monoisotopic (exact) mass is 304 g/mol. The Hall–Kier alpha value is -2.09. The molecule has 1 heterocycles. The molecule has 3 aliphatic rings. The molecule has 1 saturated carbocycles. The van der Waals surface area contributed by atoms with E-state index >= 15 is 0 Å². The summed E-state index contributed by atoms with van der Waals surface area (Å²) in [5.41, 5.74) is 4.71. The zero-order valence-electron chi connectivity index (χ0n) is 13.5. The summed E-state index contributed by atoms with van der Waals surface area (Å²) in [5, 5.41) is 3.59. The van der Waals surface area contributed by atoms with Gasteiger partial charge in [0.15, 0.2) is 0 Å². The Balaban J connectivity index is 1.61. The van der Waals surface area contributed by atoms with Crippen LogP contribution in [0.4, 0.5) is 5.69 Å². The zero-order valence-corrected chi connectivity index (χ0v) is 13.5. The average Bonchev–Trinajstić information content (AvgIpc) is 2.77. The highest BCUT2D eigenvalue weighted by molar-refractivity contribution is 5.46. The fraction of sp³-hybridized carbons (Fsp3) is 0.381. The predicted molar refractivity (Wildman–Crippen MR) is 96.2 cm³/mol. The Morgan fingerprint density at radius 3 is 2.96 bits per heavy atom. The fourth-order valence-electron chi connectivity index (χ4n) is 4.43. The molecular weight excluding hydrogens is 280 g/mol. The maximum Gasteiger partial charge on any atom is 0.0371 e. The maximum absolute atomic E-state index is 4.09. The van der Waals surface area contributed by atoms with Crippen LogP contribution in [0.25, 0.3) is 0 Å². The third-order valence-corrected chi connectivity index (χ3v) is 5.59. The Morgan fingerprint density at radius 1 is 1.13 bits per heavy atom. The van der Waals surface area contributed by atoms with Crippen LogP contribution in [0, 0.1) is 11.3 Å². The second-order valence-electron chi connectivity index (χ2n) is 6.84. The summed E-state index contributed by atoms with van der Waals surface area (Å²) in [6, 6.07) is 4.07. The molecule has 0 amide bonds. The lowest BCUT2D eigenvalue weighted by Crippen LogP contribution is -2.34. The molecule has 2 heteroatoms. The van der Waals surface area contributed by atoms with Crippen molar-refractivity contribution >= 4 is 5.69 Å². The highest BCUT2D eigenvalue weighted by Gasteiger charge is 2.42. The molecule has 3 aliphatic carbocycles. The number of pyridine rings is 1. The molecule has 4 rings (SSSR count). The van der Waals surface area contributed by atoms with Crippen LogP contribution in [0.3, 0.4) is 0 Å². The number of rotatable bonds is 3. The lowest BCUT2D eigenvalue weighted by Gasteiger charge is -2.44. The quantitative estimate of drug-likeness (QED) is 0.845. The van der Waals surface area contributed by atoms with E-state index < -0.39 is 0 Å². The smallest absolute Gasteiger partial charge is 0.0371 e. The van der Waals surface area contributed by atoms with Gasteiger partial charge in [0, 0.05) is 36.0 Å². The lowest BCUT2D eigenvalue weighted by atomic mass is 9.60. The van der Waals surface area contributed by atoms with Crippen LogP contribution in [0.5, 0.6) is 0 Å². The Labute approximate surface area is 138 Å². The predicted octanol–water partition coefficient (Wildman–Crippen LogP) is 5.05. The number of hydrogen-bond donors (Lipinski definition) is 1. The fourth-order valence-corrected chi connectivity index (χ4v) is 4.43. The molecular formula is C21H24N2. The number of hydrogen-bond acceptors (Lipinski definition) is 2. The molecule has 118 valence electrons. The molecule has 1 N–H and O–H groups in total. The van der Waals surface area contributed by atoms with Gasteiger partial charge in [-0.1, -0.05) is 54.0 Å². The van der Waals surface area contributed by atoms with Crippen LogP contribution in [0.15, 0.2) is 72.1 Å². The van der Waals surface area contributed by atoms with Crippen LogP contribution in [-0.4, -0.2) is 11.5 Å². The molecule has 0 saturated heterocycles. The second-order valence-corrected chi connectivity index (χ2v) is 6.84. The van der Waals surface area contributed by atoms with Crippen LogP contribution >= 0.6 is 0 Å². The number of nitrogens with one attached hydrogen (secondary N) is 1. The zero-order chi connectivity index (χ0) is 15.5. The maximum atomic E-state index is 4.09. The summed E-state index contributed by atoms with van der Waals surface area (Å²) in [6.45, 7) is 0.947. The molecule has 2 unspecified atom stereocenters. The lowest BCUT2D eigenvalue weighted by molar-refractivity contribution is 0.310. The van der Waals surface area contributed by atoms with Gasteiger partial charge in [-0.25, -0.2) is 0 Å². The van der Waals surface area contributed by atoms with E-state index in [1.807, 2.05) is 24.5 Å². The van der Waals surface area contributed by atoms with E-state index in [0.29, 0.717) is 11.3 Å². The number of anilines is 1. The molecule has 1 aromatic rings. The first-order valence-corrected chi connectivity index (χ1v) is 8.77. The number of aromatic nitrogens is 1. The summed E-state index contributed by atoms with van der Waals surface area (Å²) in [6.07, 6.45) is 24.2. The largest absolute Gasteiger partial charge is 0.384 e. The highest BCUT2D eigenvalue weighted by Crippen LogP contribution is 2.54. The Bertz CT molecular complexity index is 681. The first-order chi connectivity index (χ1) is 11.4. The summed E-state index contributed by atoms with van der Waals surface area (Å²) >= 11 is 0. The Morgan fingerprint density at radius 2 is 2.04 bits per heavy atom.